The van der Waals surface area contributed by atoms with Gasteiger partial charge in [-0.1, -0.05) is 35.8 Å². The predicted octanol–water partition coefficient (Wildman–Crippen LogP) is 3.57. The summed E-state index contributed by atoms with van der Waals surface area (Å²) in [5.74, 6) is -0.109. The summed E-state index contributed by atoms with van der Waals surface area (Å²) in [6.45, 7) is 6.29. The molecule has 0 radical (unpaired) electrons. The molecule has 0 N–H and O–H groups in total. The van der Waals surface area contributed by atoms with Crippen LogP contribution in [0.4, 0.5) is 10.1 Å². The van der Waals surface area contributed by atoms with Gasteiger partial charge < -0.3 is 4.90 Å². The van der Waals surface area contributed by atoms with Crippen LogP contribution < -0.4 is 4.90 Å². The maximum absolute atomic E-state index is 13.7. The molecule has 1 aromatic carbocycles. The molecule has 1 aliphatic rings. The van der Waals surface area contributed by atoms with Crippen molar-refractivity contribution in [3.63, 3.8) is 0 Å². The second-order valence-corrected chi connectivity index (χ2v) is 5.50. The maximum atomic E-state index is 13.7. The van der Waals surface area contributed by atoms with Crippen molar-refractivity contribution in [2.24, 2.45) is 5.41 Å². The van der Waals surface area contributed by atoms with Crippen LogP contribution in [-0.2, 0) is 5.33 Å². The lowest BCUT2D eigenvalue weighted by Crippen LogP contribution is -2.53. The molecule has 1 saturated heterocycles. The van der Waals surface area contributed by atoms with Gasteiger partial charge in [0.1, 0.15) is 5.82 Å². The van der Waals surface area contributed by atoms with E-state index in [9.17, 15) is 4.39 Å². The van der Waals surface area contributed by atoms with E-state index in [4.69, 9.17) is 0 Å². The van der Waals surface area contributed by atoms with E-state index in [1.165, 1.54) is 0 Å². The van der Waals surface area contributed by atoms with E-state index >= 15 is 0 Å². The molecular weight excluding hydrogens is 257 g/mol. The average Bonchev–Trinajstić information content (AvgIpc) is 2.14. The summed E-state index contributed by atoms with van der Waals surface area (Å²) < 4.78 is 13.7. The number of benzene rings is 1. The lowest BCUT2D eigenvalue weighted by atomic mass is 9.84. The quantitative estimate of drug-likeness (QED) is 0.744. The molecule has 0 amide bonds. The van der Waals surface area contributed by atoms with Crippen LogP contribution in [0.3, 0.4) is 0 Å². The Balaban J connectivity index is 2.17. The molecule has 15 heavy (non-hydrogen) atoms. The Morgan fingerprint density at radius 1 is 1.40 bits per heavy atom. The van der Waals surface area contributed by atoms with Gasteiger partial charge in [-0.3, -0.25) is 0 Å². The Morgan fingerprint density at radius 2 is 2.07 bits per heavy atom. The van der Waals surface area contributed by atoms with Crippen LogP contribution in [0.1, 0.15) is 19.4 Å². The maximum Gasteiger partial charge on any atom is 0.146 e. The van der Waals surface area contributed by atoms with Crippen molar-refractivity contribution >= 4 is 21.6 Å². The molecular formula is C12H15BrFN. The monoisotopic (exact) mass is 271 g/mol. The van der Waals surface area contributed by atoms with Crippen molar-refractivity contribution in [1.82, 2.24) is 0 Å². The number of hydrogen-bond acceptors (Lipinski definition) is 1. The van der Waals surface area contributed by atoms with E-state index in [0.29, 0.717) is 10.7 Å². The van der Waals surface area contributed by atoms with Crippen molar-refractivity contribution in [2.45, 2.75) is 19.2 Å². The number of hydrogen-bond donors (Lipinski definition) is 0. The van der Waals surface area contributed by atoms with Gasteiger partial charge in [-0.05, 0) is 23.1 Å². The largest absolute Gasteiger partial charge is 0.368 e. The second-order valence-electron chi connectivity index (χ2n) is 4.94. The summed E-state index contributed by atoms with van der Waals surface area (Å²) in [7, 11) is 0. The fourth-order valence-electron chi connectivity index (χ4n) is 2.05. The van der Waals surface area contributed by atoms with Gasteiger partial charge in [-0.25, -0.2) is 4.39 Å². The summed E-state index contributed by atoms with van der Waals surface area (Å²) in [5.41, 5.74) is 2.05. The highest BCUT2D eigenvalue weighted by atomic mass is 79.9. The Morgan fingerprint density at radius 3 is 2.53 bits per heavy atom. The minimum Gasteiger partial charge on any atom is -0.368 e. The summed E-state index contributed by atoms with van der Waals surface area (Å²) in [5, 5.41) is 0.704. The highest BCUT2D eigenvalue weighted by Gasteiger charge is 2.35. The zero-order chi connectivity index (χ0) is 11.1. The van der Waals surface area contributed by atoms with E-state index in [1.54, 1.807) is 6.07 Å². The average molecular weight is 272 g/mol. The van der Waals surface area contributed by atoms with Gasteiger partial charge in [0.25, 0.3) is 0 Å². The standard InChI is InChI=1S/C12H15BrFN/c1-12(2)7-15(8-12)11-4-3-9(6-13)5-10(11)14/h3-5H,6-8H2,1-2H3. The molecule has 1 nitrogen and oxygen atoms in total. The van der Waals surface area contributed by atoms with E-state index in [2.05, 4.69) is 34.7 Å². The first kappa shape index (κ1) is 10.9. The van der Waals surface area contributed by atoms with Crippen molar-refractivity contribution in [3.8, 4) is 0 Å². The number of anilines is 1. The first-order valence-electron chi connectivity index (χ1n) is 5.11. The number of nitrogens with zero attached hydrogens (tertiary/aromatic N) is 1. The summed E-state index contributed by atoms with van der Waals surface area (Å²) in [6.07, 6.45) is 0. The molecule has 0 unspecified atom stereocenters. The zero-order valence-electron chi connectivity index (χ0n) is 9.06. The number of alkyl halides is 1. The first-order chi connectivity index (χ1) is 7.02. The summed E-state index contributed by atoms with van der Waals surface area (Å²) in [6, 6.07) is 5.45. The Bertz CT molecular complexity index is 368. The lowest BCUT2D eigenvalue weighted by molar-refractivity contribution is 0.274. The van der Waals surface area contributed by atoms with Crippen LogP contribution in [0.2, 0.25) is 0 Å². The van der Waals surface area contributed by atoms with Crippen LogP contribution in [0.15, 0.2) is 18.2 Å². The minimum absolute atomic E-state index is 0.109. The molecule has 1 fully saturated rings. The fraction of sp³-hybridized carbons (Fsp3) is 0.500. The van der Waals surface area contributed by atoms with Crippen LogP contribution in [0.25, 0.3) is 0 Å². The van der Waals surface area contributed by atoms with Crippen molar-refractivity contribution in [2.75, 3.05) is 18.0 Å². The van der Waals surface area contributed by atoms with Crippen LogP contribution in [0, 0.1) is 11.2 Å². The molecule has 1 aliphatic heterocycles. The number of rotatable bonds is 2. The van der Waals surface area contributed by atoms with Gasteiger partial charge in [0, 0.05) is 18.4 Å². The molecule has 1 heterocycles. The van der Waals surface area contributed by atoms with E-state index in [0.717, 1.165) is 24.3 Å². The molecule has 0 spiro atoms. The van der Waals surface area contributed by atoms with Crippen molar-refractivity contribution in [3.05, 3.63) is 29.6 Å². The van der Waals surface area contributed by atoms with Crippen molar-refractivity contribution in [1.29, 1.82) is 0 Å². The third-order valence-electron chi connectivity index (χ3n) is 2.74. The van der Waals surface area contributed by atoms with Gasteiger partial charge in [-0.2, -0.15) is 0 Å². The summed E-state index contributed by atoms with van der Waals surface area (Å²) >= 11 is 3.32. The SMILES string of the molecule is CC1(C)CN(c2ccc(CBr)cc2F)C1. The molecule has 3 heteroatoms. The first-order valence-corrected chi connectivity index (χ1v) is 6.23. The van der Waals surface area contributed by atoms with Gasteiger partial charge >= 0.3 is 0 Å². The van der Waals surface area contributed by atoms with Crippen LogP contribution in [-0.4, -0.2) is 13.1 Å². The topological polar surface area (TPSA) is 3.24 Å². The minimum atomic E-state index is -0.109. The third kappa shape index (κ3) is 2.17. The molecule has 0 aliphatic carbocycles. The Kier molecular flexibility index (Phi) is 2.75. The predicted molar refractivity (Wildman–Crippen MR) is 65.0 cm³/mol. The van der Waals surface area contributed by atoms with Gasteiger partial charge in [-0.15, -0.1) is 0 Å². The molecule has 2 rings (SSSR count). The Hall–Kier alpha value is -0.570. The van der Waals surface area contributed by atoms with E-state index in [-0.39, 0.29) is 5.82 Å². The Labute approximate surface area is 98.4 Å². The fourth-order valence-corrected chi connectivity index (χ4v) is 2.40. The lowest BCUT2D eigenvalue weighted by Gasteiger charge is -2.47. The molecule has 0 saturated carbocycles. The highest BCUT2D eigenvalue weighted by Crippen LogP contribution is 2.35. The molecule has 0 bridgehead atoms. The highest BCUT2D eigenvalue weighted by molar-refractivity contribution is 9.08. The van der Waals surface area contributed by atoms with E-state index in [1.807, 2.05) is 12.1 Å². The molecule has 82 valence electrons. The van der Waals surface area contributed by atoms with Crippen LogP contribution >= 0.6 is 15.9 Å². The number of halogens is 2. The van der Waals surface area contributed by atoms with Crippen LogP contribution in [0.5, 0.6) is 0 Å². The zero-order valence-corrected chi connectivity index (χ0v) is 10.6. The van der Waals surface area contributed by atoms with Gasteiger partial charge in [0.05, 0.1) is 5.69 Å². The van der Waals surface area contributed by atoms with Gasteiger partial charge in [0.15, 0.2) is 0 Å². The second kappa shape index (κ2) is 3.78. The van der Waals surface area contributed by atoms with E-state index < -0.39 is 0 Å². The molecule has 0 aromatic heterocycles. The van der Waals surface area contributed by atoms with Crippen molar-refractivity contribution < 1.29 is 4.39 Å². The third-order valence-corrected chi connectivity index (χ3v) is 3.39. The smallest absolute Gasteiger partial charge is 0.146 e. The normalized spacial score (nSPS) is 18.8. The van der Waals surface area contributed by atoms with Gasteiger partial charge in [0.2, 0.25) is 0 Å². The summed E-state index contributed by atoms with van der Waals surface area (Å²) in [4.78, 5) is 2.09. The molecule has 1 aromatic rings. The molecule has 0 atom stereocenters.